The van der Waals surface area contributed by atoms with Gasteiger partial charge >= 0.3 is 0 Å². The van der Waals surface area contributed by atoms with Gasteiger partial charge in [-0.1, -0.05) is 47.6 Å². The Bertz CT molecular complexity index is 934. The zero-order valence-electron chi connectivity index (χ0n) is 16.9. The molecule has 2 atom stereocenters. The van der Waals surface area contributed by atoms with Crippen molar-refractivity contribution in [2.45, 2.75) is 45.4 Å². The molecule has 1 aliphatic carbocycles. The standard InChI is InChI=1S/C25H27FO3/c1-16(2)7-5-8-17-13-14-19(20(15-17)18-9-3-4-10-21(18)26)25(29)24-22(27)11-6-12-23(24)28/h3-4,6-7,9-13,19-20,27-28H,5,8,14-15H2,1-2H3/t19-,20+/m0/s1. The maximum Gasteiger partial charge on any atom is 0.174 e. The zero-order chi connectivity index (χ0) is 21.0. The lowest BCUT2D eigenvalue weighted by Gasteiger charge is -2.31. The number of carbonyl (C=O) groups excluding carboxylic acids is 1. The van der Waals surface area contributed by atoms with Crippen molar-refractivity contribution in [1.82, 2.24) is 0 Å². The highest BCUT2D eigenvalue weighted by Crippen LogP contribution is 2.43. The molecule has 0 amide bonds. The van der Waals surface area contributed by atoms with Gasteiger partial charge in [0.1, 0.15) is 22.9 Å². The summed E-state index contributed by atoms with van der Waals surface area (Å²) in [7, 11) is 0. The fourth-order valence-corrected chi connectivity index (χ4v) is 4.07. The molecule has 0 aromatic heterocycles. The topological polar surface area (TPSA) is 57.5 Å². The molecular weight excluding hydrogens is 367 g/mol. The van der Waals surface area contributed by atoms with Crippen LogP contribution in [0.2, 0.25) is 0 Å². The Morgan fingerprint density at radius 3 is 2.45 bits per heavy atom. The lowest BCUT2D eigenvalue weighted by molar-refractivity contribution is 0.0888. The van der Waals surface area contributed by atoms with E-state index in [0.29, 0.717) is 18.4 Å². The predicted molar refractivity (Wildman–Crippen MR) is 113 cm³/mol. The highest BCUT2D eigenvalue weighted by Gasteiger charge is 2.36. The number of benzene rings is 2. The van der Waals surface area contributed by atoms with Crippen LogP contribution in [0.5, 0.6) is 11.5 Å². The van der Waals surface area contributed by atoms with E-state index in [-0.39, 0.29) is 34.6 Å². The number of phenols is 2. The molecule has 2 aromatic rings. The summed E-state index contributed by atoms with van der Waals surface area (Å²) in [5.41, 5.74) is 2.89. The van der Waals surface area contributed by atoms with Crippen molar-refractivity contribution in [3.8, 4) is 11.5 Å². The highest BCUT2D eigenvalue weighted by molar-refractivity contribution is 6.03. The molecule has 0 fully saturated rings. The van der Waals surface area contributed by atoms with E-state index >= 15 is 0 Å². The van der Waals surface area contributed by atoms with Crippen molar-refractivity contribution >= 4 is 5.78 Å². The fourth-order valence-electron chi connectivity index (χ4n) is 4.07. The predicted octanol–water partition coefficient (Wildman–Crippen LogP) is 6.29. The Morgan fingerprint density at radius 2 is 1.79 bits per heavy atom. The van der Waals surface area contributed by atoms with E-state index in [9.17, 15) is 19.4 Å². The second-order valence-corrected chi connectivity index (χ2v) is 7.89. The first-order chi connectivity index (χ1) is 13.9. The number of phenolic OH excluding ortho intramolecular Hbond substituents is 2. The molecule has 1 aliphatic rings. The van der Waals surface area contributed by atoms with Crippen LogP contribution in [0.15, 0.2) is 65.8 Å². The normalized spacial score (nSPS) is 18.8. The van der Waals surface area contributed by atoms with Crippen LogP contribution >= 0.6 is 0 Å². The summed E-state index contributed by atoms with van der Waals surface area (Å²) in [6.45, 7) is 4.12. The first-order valence-electron chi connectivity index (χ1n) is 9.99. The van der Waals surface area contributed by atoms with Gasteiger partial charge in [0.05, 0.1) is 0 Å². The van der Waals surface area contributed by atoms with E-state index in [1.165, 1.54) is 35.4 Å². The highest BCUT2D eigenvalue weighted by atomic mass is 19.1. The zero-order valence-corrected chi connectivity index (χ0v) is 16.9. The first kappa shape index (κ1) is 20.8. The maximum atomic E-state index is 14.6. The average molecular weight is 394 g/mol. The van der Waals surface area contributed by atoms with Crippen LogP contribution in [0.3, 0.4) is 0 Å². The smallest absolute Gasteiger partial charge is 0.174 e. The molecule has 3 nitrogen and oxygen atoms in total. The van der Waals surface area contributed by atoms with Crippen LogP contribution in [-0.4, -0.2) is 16.0 Å². The second-order valence-electron chi connectivity index (χ2n) is 7.89. The molecule has 4 heteroatoms. The molecule has 152 valence electrons. The number of ketones is 1. The lowest BCUT2D eigenvalue weighted by Crippen LogP contribution is -2.26. The van der Waals surface area contributed by atoms with Gasteiger partial charge < -0.3 is 10.2 Å². The van der Waals surface area contributed by atoms with Gasteiger partial charge in [-0.2, -0.15) is 0 Å². The molecule has 0 heterocycles. The molecule has 29 heavy (non-hydrogen) atoms. The molecule has 0 unspecified atom stereocenters. The summed E-state index contributed by atoms with van der Waals surface area (Å²) < 4.78 is 14.6. The van der Waals surface area contributed by atoms with E-state index in [0.717, 1.165) is 12.8 Å². The number of allylic oxidation sites excluding steroid dienone is 4. The molecule has 0 radical (unpaired) electrons. The largest absolute Gasteiger partial charge is 0.507 e. The Labute approximate surface area is 171 Å². The number of aromatic hydroxyl groups is 2. The van der Waals surface area contributed by atoms with Crippen LogP contribution in [0, 0.1) is 11.7 Å². The van der Waals surface area contributed by atoms with Crippen molar-refractivity contribution < 1.29 is 19.4 Å². The first-order valence-corrected chi connectivity index (χ1v) is 9.99. The van der Waals surface area contributed by atoms with Crippen molar-refractivity contribution in [3.63, 3.8) is 0 Å². The SMILES string of the molecule is CC(C)=CCCC1=CC[C@H](C(=O)c2c(O)cccc2O)[C@@H](c2ccccc2F)C1. The quantitative estimate of drug-likeness (QED) is 0.447. The van der Waals surface area contributed by atoms with E-state index in [1.807, 2.05) is 0 Å². The van der Waals surface area contributed by atoms with Crippen LogP contribution < -0.4 is 0 Å². The van der Waals surface area contributed by atoms with Gasteiger partial charge in [0.15, 0.2) is 5.78 Å². The van der Waals surface area contributed by atoms with Crippen molar-refractivity contribution in [2.24, 2.45) is 5.92 Å². The van der Waals surface area contributed by atoms with E-state index in [1.54, 1.807) is 18.2 Å². The number of hydrogen-bond acceptors (Lipinski definition) is 3. The van der Waals surface area contributed by atoms with Gasteiger partial charge in [0, 0.05) is 11.8 Å². The van der Waals surface area contributed by atoms with Crippen molar-refractivity contribution in [1.29, 1.82) is 0 Å². The molecule has 3 rings (SSSR count). The number of carbonyl (C=O) groups is 1. The molecule has 0 aliphatic heterocycles. The Hall–Kier alpha value is -2.88. The molecule has 2 aromatic carbocycles. The van der Waals surface area contributed by atoms with Crippen LogP contribution in [0.4, 0.5) is 4.39 Å². The average Bonchev–Trinajstić information content (AvgIpc) is 2.68. The number of Topliss-reactive ketones (excluding diaryl/α,β-unsaturated/α-hetero) is 1. The Morgan fingerprint density at radius 1 is 1.10 bits per heavy atom. The van der Waals surface area contributed by atoms with E-state index in [4.69, 9.17) is 0 Å². The van der Waals surface area contributed by atoms with Gasteiger partial charge in [0.25, 0.3) is 0 Å². The minimum Gasteiger partial charge on any atom is -0.507 e. The molecule has 0 saturated heterocycles. The Balaban J connectivity index is 1.95. The monoisotopic (exact) mass is 394 g/mol. The maximum absolute atomic E-state index is 14.6. The van der Waals surface area contributed by atoms with E-state index in [2.05, 4.69) is 26.0 Å². The van der Waals surface area contributed by atoms with Crippen molar-refractivity contribution in [3.05, 3.63) is 82.7 Å². The molecule has 2 N–H and O–H groups in total. The van der Waals surface area contributed by atoms with Gasteiger partial charge in [-0.25, -0.2) is 4.39 Å². The number of hydrogen-bond donors (Lipinski definition) is 2. The summed E-state index contributed by atoms with van der Waals surface area (Å²) in [4.78, 5) is 13.3. The summed E-state index contributed by atoms with van der Waals surface area (Å²) in [5.74, 6) is -2.07. The third-order valence-corrected chi connectivity index (χ3v) is 5.55. The van der Waals surface area contributed by atoms with Gasteiger partial charge in [-0.15, -0.1) is 0 Å². The Kier molecular flexibility index (Phi) is 6.53. The molecular formula is C25H27FO3. The third-order valence-electron chi connectivity index (χ3n) is 5.55. The summed E-state index contributed by atoms with van der Waals surface area (Å²) in [6, 6.07) is 10.8. The summed E-state index contributed by atoms with van der Waals surface area (Å²) in [5, 5.41) is 20.3. The van der Waals surface area contributed by atoms with Gasteiger partial charge in [-0.05, 0) is 63.3 Å². The van der Waals surface area contributed by atoms with Crippen LogP contribution in [0.25, 0.3) is 0 Å². The van der Waals surface area contributed by atoms with Gasteiger partial charge in [0.2, 0.25) is 0 Å². The number of rotatable bonds is 6. The lowest BCUT2D eigenvalue weighted by atomic mass is 9.71. The summed E-state index contributed by atoms with van der Waals surface area (Å²) >= 11 is 0. The minimum atomic E-state index is -0.543. The number of halogens is 1. The van der Waals surface area contributed by atoms with Crippen molar-refractivity contribution in [2.75, 3.05) is 0 Å². The van der Waals surface area contributed by atoms with Crippen LogP contribution in [-0.2, 0) is 0 Å². The third kappa shape index (κ3) is 4.76. The van der Waals surface area contributed by atoms with E-state index < -0.39 is 5.92 Å². The molecule has 0 bridgehead atoms. The van der Waals surface area contributed by atoms with Crippen LogP contribution in [0.1, 0.15) is 61.4 Å². The molecule has 0 saturated carbocycles. The second kappa shape index (κ2) is 9.08. The molecule has 0 spiro atoms. The minimum absolute atomic E-state index is 0.0831. The fraction of sp³-hybridized carbons (Fsp3) is 0.320. The van der Waals surface area contributed by atoms with Gasteiger partial charge in [-0.3, -0.25) is 4.79 Å². The summed E-state index contributed by atoms with van der Waals surface area (Å²) in [6.07, 6.45) is 7.07.